The molecule has 0 aliphatic heterocycles. The molecule has 0 aliphatic rings. The molecule has 21 heavy (non-hydrogen) atoms. The lowest BCUT2D eigenvalue weighted by Crippen LogP contribution is -2.22. The highest BCUT2D eigenvalue weighted by Crippen LogP contribution is 2.13. The molecule has 2 aromatic heterocycles. The molecule has 6 heteroatoms. The summed E-state index contributed by atoms with van der Waals surface area (Å²) < 4.78 is 1.86. The highest BCUT2D eigenvalue weighted by molar-refractivity contribution is 6.31. The van der Waals surface area contributed by atoms with Crippen molar-refractivity contribution in [2.75, 3.05) is 0 Å². The number of hydrogen-bond acceptors (Lipinski definition) is 2. The Hall–Kier alpha value is -2.04. The van der Waals surface area contributed by atoms with Crippen LogP contribution in [0.5, 0.6) is 0 Å². The topological polar surface area (TPSA) is 46.4 Å². The molecule has 4 nitrogen and oxygen atoms in total. The summed E-state index contributed by atoms with van der Waals surface area (Å²) in [5.41, 5.74) is 2.07. The van der Waals surface area contributed by atoms with Crippen LogP contribution in [0.2, 0.25) is 10.0 Å². The van der Waals surface area contributed by atoms with E-state index in [2.05, 4.69) is 10.3 Å². The van der Waals surface area contributed by atoms with Crippen molar-refractivity contribution in [1.29, 1.82) is 0 Å². The number of carbonyl (C=O) groups excluding carboxylic acids is 1. The Bertz CT molecular complexity index is 796. The minimum atomic E-state index is -0.165. The van der Waals surface area contributed by atoms with E-state index < -0.39 is 0 Å². The van der Waals surface area contributed by atoms with Crippen molar-refractivity contribution in [2.24, 2.45) is 0 Å². The molecule has 0 unspecified atom stereocenters. The first-order valence-electron chi connectivity index (χ1n) is 6.29. The van der Waals surface area contributed by atoms with Crippen LogP contribution in [0.3, 0.4) is 0 Å². The van der Waals surface area contributed by atoms with Crippen LogP contribution in [-0.2, 0) is 6.54 Å². The van der Waals surface area contributed by atoms with Gasteiger partial charge < -0.3 is 9.72 Å². The molecule has 0 atom stereocenters. The first-order valence-corrected chi connectivity index (χ1v) is 7.04. The lowest BCUT2D eigenvalue weighted by Gasteiger charge is -2.03. The van der Waals surface area contributed by atoms with E-state index in [4.69, 9.17) is 23.2 Å². The second-order valence-corrected chi connectivity index (χ2v) is 5.41. The van der Waals surface area contributed by atoms with Gasteiger partial charge in [0.25, 0.3) is 5.91 Å². The number of nitrogens with zero attached hydrogens (tertiary/aromatic N) is 2. The highest BCUT2D eigenvalue weighted by Gasteiger charge is 2.07. The predicted molar refractivity (Wildman–Crippen MR) is 82.8 cm³/mol. The molecule has 3 aromatic rings. The highest BCUT2D eigenvalue weighted by atomic mass is 35.5. The quantitative estimate of drug-likeness (QED) is 0.802. The van der Waals surface area contributed by atoms with Crippen LogP contribution < -0.4 is 5.32 Å². The summed E-state index contributed by atoms with van der Waals surface area (Å²) in [5.74, 6) is -0.165. The molecule has 0 bridgehead atoms. The molecule has 106 valence electrons. The van der Waals surface area contributed by atoms with Crippen LogP contribution in [0, 0.1) is 0 Å². The molecule has 1 N–H and O–H groups in total. The lowest BCUT2D eigenvalue weighted by molar-refractivity contribution is 0.0950. The number of halogens is 2. The van der Waals surface area contributed by atoms with Gasteiger partial charge in [-0.25, -0.2) is 4.98 Å². The van der Waals surface area contributed by atoms with Gasteiger partial charge in [-0.3, -0.25) is 4.79 Å². The zero-order valence-corrected chi connectivity index (χ0v) is 12.4. The van der Waals surface area contributed by atoms with Crippen LogP contribution in [-0.4, -0.2) is 15.3 Å². The molecule has 0 aliphatic carbocycles. The molecule has 0 spiro atoms. The summed E-state index contributed by atoms with van der Waals surface area (Å²) >= 11 is 11.7. The van der Waals surface area contributed by atoms with Gasteiger partial charge in [0.2, 0.25) is 0 Å². The smallest absolute Gasteiger partial charge is 0.251 e. The predicted octanol–water partition coefficient (Wildman–Crippen LogP) is 3.57. The number of aromatic nitrogens is 2. The average Bonchev–Trinajstić information content (AvgIpc) is 2.87. The van der Waals surface area contributed by atoms with Gasteiger partial charge in [0.15, 0.2) is 0 Å². The Morgan fingerprint density at radius 2 is 1.90 bits per heavy atom. The van der Waals surface area contributed by atoms with Crippen molar-refractivity contribution >= 4 is 34.8 Å². The molecular formula is C15H11Cl2N3O. The van der Waals surface area contributed by atoms with Gasteiger partial charge >= 0.3 is 0 Å². The summed E-state index contributed by atoms with van der Waals surface area (Å²) in [6.45, 7) is 0.348. The van der Waals surface area contributed by atoms with Crippen molar-refractivity contribution in [3.8, 4) is 0 Å². The molecule has 0 saturated carbocycles. The Morgan fingerprint density at radius 1 is 1.14 bits per heavy atom. The summed E-state index contributed by atoms with van der Waals surface area (Å²) in [5, 5.41) is 4.05. The van der Waals surface area contributed by atoms with E-state index in [0.717, 1.165) is 11.3 Å². The van der Waals surface area contributed by atoms with Crippen LogP contribution in [0.15, 0.2) is 48.8 Å². The zero-order valence-electron chi connectivity index (χ0n) is 10.9. The number of amides is 1. The van der Waals surface area contributed by atoms with E-state index in [9.17, 15) is 4.79 Å². The maximum absolute atomic E-state index is 12.0. The fraction of sp³-hybridized carbons (Fsp3) is 0.0667. The molecule has 0 fully saturated rings. The Balaban J connectivity index is 1.71. The third kappa shape index (κ3) is 3.17. The van der Waals surface area contributed by atoms with E-state index in [1.165, 1.54) is 0 Å². The number of nitrogens with one attached hydrogen (secondary N) is 1. The van der Waals surface area contributed by atoms with Crippen LogP contribution in [0.1, 0.15) is 16.1 Å². The zero-order chi connectivity index (χ0) is 14.8. The molecule has 0 radical (unpaired) electrons. The monoisotopic (exact) mass is 319 g/mol. The van der Waals surface area contributed by atoms with Gasteiger partial charge in [0, 0.05) is 28.0 Å². The second kappa shape index (κ2) is 5.76. The standard InChI is InChI=1S/C15H11Cl2N3O/c16-11-3-1-10(2-4-11)15(21)18-8-13-9-20-6-5-12(17)7-14(20)19-13/h1-7,9H,8H2,(H,18,21). The Kier molecular flexibility index (Phi) is 3.82. The number of carbonyl (C=O) groups is 1. The van der Waals surface area contributed by atoms with Gasteiger partial charge in [-0.1, -0.05) is 23.2 Å². The van der Waals surface area contributed by atoms with E-state index in [1.54, 1.807) is 36.4 Å². The minimum Gasteiger partial charge on any atom is -0.346 e. The third-order valence-corrected chi connectivity index (χ3v) is 3.50. The normalized spacial score (nSPS) is 10.8. The third-order valence-electron chi connectivity index (χ3n) is 3.01. The fourth-order valence-corrected chi connectivity index (χ4v) is 2.25. The van der Waals surface area contributed by atoms with Gasteiger partial charge in [0.05, 0.1) is 12.2 Å². The van der Waals surface area contributed by atoms with Crippen molar-refractivity contribution in [2.45, 2.75) is 6.54 Å². The molecule has 1 aromatic carbocycles. The van der Waals surface area contributed by atoms with Gasteiger partial charge in [0.1, 0.15) is 5.65 Å². The van der Waals surface area contributed by atoms with Crippen molar-refractivity contribution in [3.05, 3.63) is 70.1 Å². The van der Waals surface area contributed by atoms with Gasteiger partial charge in [-0.2, -0.15) is 0 Å². The largest absolute Gasteiger partial charge is 0.346 e. The maximum atomic E-state index is 12.0. The lowest BCUT2D eigenvalue weighted by atomic mass is 10.2. The summed E-state index contributed by atoms with van der Waals surface area (Å²) in [6.07, 6.45) is 3.68. The molecular weight excluding hydrogens is 309 g/mol. The number of benzene rings is 1. The van der Waals surface area contributed by atoms with Crippen molar-refractivity contribution in [1.82, 2.24) is 14.7 Å². The fourth-order valence-electron chi connectivity index (χ4n) is 1.97. The van der Waals surface area contributed by atoms with E-state index in [0.29, 0.717) is 22.2 Å². The summed E-state index contributed by atoms with van der Waals surface area (Å²) in [7, 11) is 0. The number of imidazole rings is 1. The van der Waals surface area contributed by atoms with E-state index >= 15 is 0 Å². The number of rotatable bonds is 3. The number of hydrogen-bond donors (Lipinski definition) is 1. The van der Waals surface area contributed by atoms with Crippen LogP contribution in [0.4, 0.5) is 0 Å². The van der Waals surface area contributed by atoms with Gasteiger partial charge in [-0.15, -0.1) is 0 Å². The average molecular weight is 320 g/mol. The SMILES string of the molecule is O=C(NCc1cn2ccc(Cl)cc2n1)c1ccc(Cl)cc1. The molecule has 1 amide bonds. The van der Waals surface area contributed by atoms with Crippen LogP contribution >= 0.6 is 23.2 Å². The Morgan fingerprint density at radius 3 is 2.67 bits per heavy atom. The van der Waals surface area contributed by atoms with Gasteiger partial charge in [-0.05, 0) is 36.4 Å². The van der Waals surface area contributed by atoms with E-state index in [-0.39, 0.29) is 5.91 Å². The molecule has 3 rings (SSSR count). The first kappa shape index (κ1) is 13.9. The number of pyridine rings is 1. The van der Waals surface area contributed by atoms with Crippen LogP contribution in [0.25, 0.3) is 5.65 Å². The molecule has 2 heterocycles. The maximum Gasteiger partial charge on any atom is 0.251 e. The Labute approximate surface area is 131 Å². The van der Waals surface area contributed by atoms with Crippen molar-refractivity contribution < 1.29 is 4.79 Å². The molecule has 0 saturated heterocycles. The first-order chi connectivity index (χ1) is 10.1. The summed E-state index contributed by atoms with van der Waals surface area (Å²) in [4.78, 5) is 16.4. The summed E-state index contributed by atoms with van der Waals surface area (Å²) in [6, 6.07) is 10.3. The second-order valence-electron chi connectivity index (χ2n) is 4.53. The van der Waals surface area contributed by atoms with E-state index in [1.807, 2.05) is 16.8 Å². The number of fused-ring (bicyclic) bond motifs is 1. The minimum absolute atomic E-state index is 0.165. The van der Waals surface area contributed by atoms with Crippen molar-refractivity contribution in [3.63, 3.8) is 0 Å².